The smallest absolute Gasteiger partial charge is 0.123 e. The summed E-state index contributed by atoms with van der Waals surface area (Å²) in [5.41, 5.74) is 3.91. The third-order valence-electron chi connectivity index (χ3n) is 2.66. The van der Waals surface area contributed by atoms with Gasteiger partial charge in [0.1, 0.15) is 5.82 Å². The highest BCUT2D eigenvalue weighted by Crippen LogP contribution is 2.14. The van der Waals surface area contributed by atoms with Gasteiger partial charge in [-0.15, -0.1) is 11.3 Å². The normalized spacial score (nSPS) is 12.6. The second-order valence-electron chi connectivity index (χ2n) is 3.98. The van der Waals surface area contributed by atoms with Gasteiger partial charge in [0.2, 0.25) is 0 Å². The Morgan fingerprint density at radius 2 is 1.94 bits per heavy atom. The van der Waals surface area contributed by atoms with Crippen molar-refractivity contribution in [2.45, 2.75) is 18.9 Å². The Kier molecular flexibility index (Phi) is 4.25. The molecular formula is C13H15FN2S. The lowest BCUT2D eigenvalue weighted by molar-refractivity contribution is 0.525. The number of halogens is 1. The summed E-state index contributed by atoms with van der Waals surface area (Å²) in [6.07, 6.45) is 1.69. The fourth-order valence-electron chi connectivity index (χ4n) is 1.77. The van der Waals surface area contributed by atoms with E-state index in [1.165, 1.54) is 17.0 Å². The van der Waals surface area contributed by atoms with Gasteiger partial charge in [0.05, 0.1) is 0 Å². The number of thiophene rings is 1. The average Bonchev–Trinajstić information content (AvgIpc) is 2.84. The third-order valence-corrected chi connectivity index (χ3v) is 3.56. The molecule has 0 aliphatic rings. The van der Waals surface area contributed by atoms with Crippen LogP contribution in [0.5, 0.6) is 0 Å². The lowest BCUT2D eigenvalue weighted by atomic mass is 10.0. The van der Waals surface area contributed by atoms with E-state index in [1.807, 2.05) is 6.07 Å². The Morgan fingerprint density at radius 1 is 1.18 bits per heavy atom. The van der Waals surface area contributed by atoms with Crippen LogP contribution in [0.4, 0.5) is 4.39 Å². The molecule has 2 aromatic rings. The molecule has 1 aromatic heterocycles. The van der Waals surface area contributed by atoms with Crippen LogP contribution in [0.1, 0.15) is 10.4 Å². The standard InChI is InChI=1S/C13H15FN2S/c14-11-5-3-10(4-6-11)8-12(16-15)9-13-2-1-7-17-13/h1-7,12,16H,8-9,15H2. The Labute approximate surface area is 104 Å². The van der Waals surface area contributed by atoms with Crippen LogP contribution in [-0.2, 0) is 12.8 Å². The molecule has 1 aromatic carbocycles. The average molecular weight is 250 g/mol. The van der Waals surface area contributed by atoms with Gasteiger partial charge < -0.3 is 0 Å². The molecular weight excluding hydrogens is 235 g/mol. The number of rotatable bonds is 5. The van der Waals surface area contributed by atoms with Crippen molar-refractivity contribution in [2.24, 2.45) is 5.84 Å². The first-order valence-corrected chi connectivity index (χ1v) is 6.39. The summed E-state index contributed by atoms with van der Waals surface area (Å²) >= 11 is 1.72. The van der Waals surface area contributed by atoms with Gasteiger partial charge in [-0.25, -0.2) is 4.39 Å². The van der Waals surface area contributed by atoms with E-state index in [9.17, 15) is 4.39 Å². The Hall–Kier alpha value is -1.23. The van der Waals surface area contributed by atoms with Gasteiger partial charge >= 0.3 is 0 Å². The van der Waals surface area contributed by atoms with Gasteiger partial charge in [-0.05, 0) is 42.0 Å². The molecule has 17 heavy (non-hydrogen) atoms. The molecule has 90 valence electrons. The predicted octanol–water partition coefficient (Wildman–Crippen LogP) is 2.50. The van der Waals surface area contributed by atoms with Crippen molar-refractivity contribution in [3.8, 4) is 0 Å². The molecule has 0 bridgehead atoms. The highest BCUT2D eigenvalue weighted by molar-refractivity contribution is 7.09. The van der Waals surface area contributed by atoms with Crippen molar-refractivity contribution < 1.29 is 4.39 Å². The lowest BCUT2D eigenvalue weighted by Crippen LogP contribution is -2.38. The van der Waals surface area contributed by atoms with Crippen LogP contribution in [0.25, 0.3) is 0 Å². The van der Waals surface area contributed by atoms with E-state index in [1.54, 1.807) is 23.5 Å². The molecule has 0 fully saturated rings. The first kappa shape index (κ1) is 12.2. The minimum Gasteiger partial charge on any atom is -0.271 e. The molecule has 3 N–H and O–H groups in total. The molecule has 0 spiro atoms. The molecule has 1 heterocycles. The van der Waals surface area contributed by atoms with E-state index in [0.29, 0.717) is 0 Å². The summed E-state index contributed by atoms with van der Waals surface area (Å²) in [4.78, 5) is 1.30. The number of benzene rings is 1. The first-order valence-electron chi connectivity index (χ1n) is 5.51. The van der Waals surface area contributed by atoms with Crippen LogP contribution in [0.3, 0.4) is 0 Å². The number of nitrogens with one attached hydrogen (secondary N) is 1. The summed E-state index contributed by atoms with van der Waals surface area (Å²) in [7, 11) is 0. The minimum atomic E-state index is -0.204. The zero-order valence-electron chi connectivity index (χ0n) is 9.40. The van der Waals surface area contributed by atoms with Gasteiger partial charge in [-0.2, -0.15) is 0 Å². The van der Waals surface area contributed by atoms with E-state index in [-0.39, 0.29) is 11.9 Å². The molecule has 2 rings (SSSR count). The van der Waals surface area contributed by atoms with E-state index in [2.05, 4.69) is 16.9 Å². The first-order chi connectivity index (χ1) is 8.28. The highest BCUT2D eigenvalue weighted by atomic mass is 32.1. The van der Waals surface area contributed by atoms with Gasteiger partial charge in [-0.1, -0.05) is 18.2 Å². The van der Waals surface area contributed by atoms with Crippen LogP contribution in [0.2, 0.25) is 0 Å². The number of hydrogen-bond donors (Lipinski definition) is 2. The van der Waals surface area contributed by atoms with E-state index < -0.39 is 0 Å². The molecule has 0 amide bonds. The second kappa shape index (κ2) is 5.91. The topological polar surface area (TPSA) is 38.0 Å². The summed E-state index contributed by atoms with van der Waals surface area (Å²) in [5, 5.41) is 2.06. The summed E-state index contributed by atoms with van der Waals surface area (Å²) < 4.78 is 12.8. The van der Waals surface area contributed by atoms with E-state index in [0.717, 1.165) is 18.4 Å². The van der Waals surface area contributed by atoms with Crippen LogP contribution in [-0.4, -0.2) is 6.04 Å². The van der Waals surface area contributed by atoms with Crippen LogP contribution >= 0.6 is 11.3 Å². The number of hydrazine groups is 1. The summed E-state index contributed by atoms with van der Waals surface area (Å²) in [5.74, 6) is 5.34. The van der Waals surface area contributed by atoms with Crippen molar-refractivity contribution >= 4 is 11.3 Å². The Morgan fingerprint density at radius 3 is 2.53 bits per heavy atom. The fraction of sp³-hybridized carbons (Fsp3) is 0.231. The zero-order valence-corrected chi connectivity index (χ0v) is 10.2. The van der Waals surface area contributed by atoms with Crippen molar-refractivity contribution in [1.82, 2.24) is 5.43 Å². The molecule has 1 unspecified atom stereocenters. The van der Waals surface area contributed by atoms with Gasteiger partial charge in [0.25, 0.3) is 0 Å². The molecule has 0 saturated carbocycles. The molecule has 0 radical (unpaired) electrons. The largest absolute Gasteiger partial charge is 0.271 e. The van der Waals surface area contributed by atoms with Crippen LogP contribution < -0.4 is 11.3 Å². The van der Waals surface area contributed by atoms with Crippen molar-refractivity contribution in [1.29, 1.82) is 0 Å². The quantitative estimate of drug-likeness (QED) is 0.632. The molecule has 0 aliphatic heterocycles. The van der Waals surface area contributed by atoms with E-state index >= 15 is 0 Å². The molecule has 4 heteroatoms. The maximum Gasteiger partial charge on any atom is 0.123 e. The summed E-state index contributed by atoms with van der Waals surface area (Å²) in [6, 6.07) is 10.9. The van der Waals surface area contributed by atoms with Crippen molar-refractivity contribution in [3.63, 3.8) is 0 Å². The van der Waals surface area contributed by atoms with Gasteiger partial charge in [-0.3, -0.25) is 11.3 Å². The highest BCUT2D eigenvalue weighted by Gasteiger charge is 2.09. The number of hydrogen-bond acceptors (Lipinski definition) is 3. The zero-order chi connectivity index (χ0) is 12.1. The van der Waals surface area contributed by atoms with Gasteiger partial charge in [0, 0.05) is 10.9 Å². The Bertz CT molecular complexity index is 439. The van der Waals surface area contributed by atoms with Gasteiger partial charge in [0.15, 0.2) is 0 Å². The van der Waals surface area contributed by atoms with Crippen LogP contribution in [0, 0.1) is 5.82 Å². The predicted molar refractivity (Wildman–Crippen MR) is 69.2 cm³/mol. The fourth-order valence-corrected chi connectivity index (χ4v) is 2.55. The lowest BCUT2D eigenvalue weighted by Gasteiger charge is -2.14. The monoisotopic (exact) mass is 250 g/mol. The molecule has 0 aliphatic carbocycles. The molecule has 0 saturated heterocycles. The summed E-state index contributed by atoms with van der Waals surface area (Å²) in [6.45, 7) is 0. The third kappa shape index (κ3) is 3.63. The Balaban J connectivity index is 1.97. The SMILES string of the molecule is NNC(Cc1ccc(F)cc1)Cc1cccs1. The second-order valence-corrected chi connectivity index (χ2v) is 5.01. The van der Waals surface area contributed by atoms with E-state index in [4.69, 9.17) is 5.84 Å². The van der Waals surface area contributed by atoms with Crippen molar-refractivity contribution in [3.05, 3.63) is 58.0 Å². The molecule has 1 atom stereocenters. The minimum absolute atomic E-state index is 0.180. The maximum atomic E-state index is 12.8. The van der Waals surface area contributed by atoms with Crippen molar-refractivity contribution in [2.75, 3.05) is 0 Å². The molecule has 2 nitrogen and oxygen atoms in total. The number of nitrogens with two attached hydrogens (primary N) is 1. The maximum absolute atomic E-state index is 12.8. The van der Waals surface area contributed by atoms with Crippen LogP contribution in [0.15, 0.2) is 41.8 Å².